The van der Waals surface area contributed by atoms with E-state index in [0.29, 0.717) is 11.0 Å². The molecule has 13 heteroatoms. The number of nitrogens with zero attached hydrogens (tertiary/aromatic N) is 1. The molecule has 150 valence electrons. The summed E-state index contributed by atoms with van der Waals surface area (Å²) in [6.45, 7) is 0.425. The zero-order valence-electron chi connectivity index (χ0n) is 16.7. The van der Waals surface area contributed by atoms with Gasteiger partial charge in [-0.2, -0.15) is 0 Å². The van der Waals surface area contributed by atoms with Gasteiger partial charge >= 0.3 is 41.0 Å². The minimum atomic E-state index is -3.22. The minimum Gasteiger partial charge on any atom is -1.00 e. The Kier molecular flexibility index (Phi) is 13.5. The van der Waals surface area contributed by atoms with Gasteiger partial charge in [0, 0.05) is 12.4 Å². The number of carbonyl (C=O) groups excluding carboxylic acids is 1. The molecule has 0 fully saturated rings. The van der Waals surface area contributed by atoms with E-state index in [2.05, 4.69) is 0 Å². The van der Waals surface area contributed by atoms with E-state index in [9.17, 15) is 24.3 Å². The van der Waals surface area contributed by atoms with Gasteiger partial charge in [-0.25, -0.2) is 9.59 Å². The van der Waals surface area contributed by atoms with Gasteiger partial charge in [-0.05, 0) is 0 Å². The largest absolute Gasteiger partial charge is 2.00 e. The first-order valence-corrected chi connectivity index (χ1v) is 6.79. The Morgan fingerprint density at radius 2 is 1.50 bits per heavy atom. The number of hydrogen-bond acceptors (Lipinski definition) is 8. The minimum absolute atomic E-state index is 0. The van der Waals surface area contributed by atoms with Crippen molar-refractivity contribution in [1.82, 2.24) is 0 Å². The summed E-state index contributed by atoms with van der Waals surface area (Å²) in [5, 5.41) is 61.8. The summed E-state index contributed by atoms with van der Waals surface area (Å²) in [6, 6.07) is 0. The van der Waals surface area contributed by atoms with Gasteiger partial charge in [0.2, 0.25) is 5.60 Å². The Hall–Kier alpha value is -1.51. The van der Waals surface area contributed by atoms with Gasteiger partial charge in [0.15, 0.2) is 6.10 Å². The van der Waals surface area contributed by atoms with Crippen LogP contribution in [0.2, 0.25) is 0 Å². The van der Waals surface area contributed by atoms with Crippen LogP contribution in [-0.2, 0) is 19.2 Å². The summed E-state index contributed by atoms with van der Waals surface area (Å²) < 4.78 is 0.550. The van der Waals surface area contributed by atoms with Crippen molar-refractivity contribution in [1.29, 1.82) is 0 Å². The molecule has 0 amide bonds. The van der Waals surface area contributed by atoms with Crippen molar-refractivity contribution in [2.75, 3.05) is 27.7 Å². The predicted molar refractivity (Wildman–Crippen MR) is 85.0 cm³/mol. The van der Waals surface area contributed by atoms with Gasteiger partial charge in [-0.1, -0.05) is 0 Å². The van der Waals surface area contributed by atoms with Crippen molar-refractivity contribution >= 4 is 46.9 Å². The number of likely N-dealkylation sites (N-methyl/N-ethyl adjacent to an activating group) is 1. The van der Waals surface area contributed by atoms with Crippen LogP contribution in [0.1, 0.15) is 15.7 Å². The van der Waals surface area contributed by atoms with Gasteiger partial charge < -0.3 is 47.9 Å². The molecule has 26 heavy (non-hydrogen) atoms. The molecule has 0 saturated carbocycles. The third kappa shape index (κ3) is 12.8. The van der Waals surface area contributed by atoms with Crippen LogP contribution < -0.4 is 5.11 Å². The molecular formula is C13H25MgNO11. The zero-order valence-corrected chi connectivity index (χ0v) is 16.1. The topological polar surface area (TPSA) is 213 Å². The number of quaternary nitrogens is 1. The molecular weight excluding hydrogens is 370 g/mol. The monoisotopic (exact) mass is 395 g/mol. The second kappa shape index (κ2) is 12.0. The molecule has 0 rings (SSSR count). The number of carbonyl (C=O) groups is 4. The molecule has 0 aromatic carbocycles. The smallest absolute Gasteiger partial charge is 1.00 e. The van der Waals surface area contributed by atoms with Crippen LogP contribution in [-0.4, -0.2) is 128 Å². The average Bonchev–Trinajstić information content (AvgIpc) is 2.33. The van der Waals surface area contributed by atoms with Gasteiger partial charge in [-0.3, -0.25) is 4.79 Å². The number of carboxylic acids is 4. The van der Waals surface area contributed by atoms with Crippen molar-refractivity contribution in [2.45, 2.75) is 30.7 Å². The molecule has 12 nitrogen and oxygen atoms in total. The Morgan fingerprint density at radius 3 is 1.73 bits per heavy atom. The maximum absolute atomic E-state index is 10.4. The Morgan fingerprint density at radius 1 is 1.08 bits per heavy atom. The SMILES string of the molecule is C[N+](C)(C)CC(O)CC(=O)[O-].O=C(O)CC(O)(C(=O)O)C(O)C(=O)O.[H-].[H-].[Mg+2]. The molecule has 0 spiro atoms. The summed E-state index contributed by atoms with van der Waals surface area (Å²) in [5.74, 6) is -7.08. The van der Waals surface area contributed by atoms with Crippen LogP contribution >= 0.6 is 0 Å². The standard InChI is InChI=1S/C7H15NO3.C6H8O8.Mg.2H/c1-8(2,3)5-6(9)4-7(10)11;7-2(8)1-6(14,5(12)13)3(9)4(10)11;;;/h6,9H,4-5H2,1-3H3;3,9,14H,1H2,(H,7,8)(H,10,11)(H,12,13);;;/q;;+2;2*-1. The number of aliphatic hydroxyl groups excluding tert-OH is 2. The van der Waals surface area contributed by atoms with Crippen LogP contribution in [0.3, 0.4) is 0 Å². The molecule has 0 aliphatic heterocycles. The predicted octanol–water partition coefficient (Wildman–Crippen LogP) is -4.24. The molecule has 0 aromatic rings. The van der Waals surface area contributed by atoms with Crippen LogP contribution in [0.4, 0.5) is 0 Å². The second-order valence-corrected chi connectivity index (χ2v) is 6.24. The zero-order chi connectivity index (χ0) is 20.6. The maximum atomic E-state index is 10.4. The van der Waals surface area contributed by atoms with Crippen LogP contribution in [0.5, 0.6) is 0 Å². The fourth-order valence-corrected chi connectivity index (χ4v) is 1.61. The molecule has 0 saturated heterocycles. The van der Waals surface area contributed by atoms with Gasteiger partial charge in [0.25, 0.3) is 0 Å². The fraction of sp³-hybridized carbons (Fsp3) is 0.692. The molecule has 3 unspecified atom stereocenters. The maximum Gasteiger partial charge on any atom is 2.00 e. The summed E-state index contributed by atoms with van der Waals surface area (Å²) in [7, 11) is 5.66. The van der Waals surface area contributed by atoms with E-state index in [4.69, 9.17) is 30.6 Å². The van der Waals surface area contributed by atoms with E-state index >= 15 is 0 Å². The third-order valence-electron chi connectivity index (χ3n) is 2.64. The molecule has 6 N–H and O–H groups in total. The summed E-state index contributed by atoms with van der Waals surface area (Å²) in [5.41, 5.74) is -3.22. The molecule has 0 heterocycles. The number of aliphatic hydroxyl groups is 3. The van der Waals surface area contributed by atoms with E-state index in [-0.39, 0.29) is 32.3 Å². The van der Waals surface area contributed by atoms with Crippen molar-refractivity contribution in [3.8, 4) is 0 Å². The number of carboxylic acid groups (broad SMARTS) is 4. The first-order chi connectivity index (χ1) is 11.0. The Bertz CT molecular complexity index is 515. The summed E-state index contributed by atoms with van der Waals surface area (Å²) in [4.78, 5) is 40.7. The molecule has 0 aromatic heterocycles. The van der Waals surface area contributed by atoms with Gasteiger partial charge in [-0.15, -0.1) is 0 Å². The number of rotatable bonds is 9. The van der Waals surface area contributed by atoms with E-state index < -0.39 is 48.1 Å². The first kappa shape index (κ1) is 29.3. The van der Waals surface area contributed by atoms with Crippen LogP contribution in [0, 0.1) is 0 Å². The van der Waals surface area contributed by atoms with E-state index in [1.165, 1.54) is 0 Å². The van der Waals surface area contributed by atoms with Crippen LogP contribution in [0.15, 0.2) is 0 Å². The first-order valence-electron chi connectivity index (χ1n) is 6.79. The van der Waals surface area contributed by atoms with Crippen molar-refractivity contribution < 1.29 is 62.3 Å². The summed E-state index contributed by atoms with van der Waals surface area (Å²) in [6.07, 6.45) is -5.19. The van der Waals surface area contributed by atoms with E-state index in [1.54, 1.807) is 0 Å². The molecule has 0 bridgehead atoms. The molecule has 0 aliphatic rings. The Labute approximate surface area is 168 Å². The third-order valence-corrected chi connectivity index (χ3v) is 2.64. The molecule has 0 aliphatic carbocycles. The van der Waals surface area contributed by atoms with Gasteiger partial charge in [0.1, 0.15) is 12.6 Å². The molecule has 3 atom stereocenters. The fourth-order valence-electron chi connectivity index (χ4n) is 1.61. The Balaban J connectivity index is -0.000000116. The second-order valence-electron chi connectivity index (χ2n) is 6.24. The molecule has 0 radical (unpaired) electrons. The number of aliphatic carboxylic acids is 4. The van der Waals surface area contributed by atoms with Crippen molar-refractivity contribution in [2.24, 2.45) is 0 Å². The van der Waals surface area contributed by atoms with E-state index in [0.717, 1.165) is 0 Å². The van der Waals surface area contributed by atoms with Crippen molar-refractivity contribution in [3.05, 3.63) is 0 Å². The normalized spacial score (nSPS) is 15.2. The van der Waals surface area contributed by atoms with E-state index in [1.807, 2.05) is 21.1 Å². The van der Waals surface area contributed by atoms with Crippen LogP contribution in [0.25, 0.3) is 0 Å². The quantitative estimate of drug-likeness (QED) is 0.162. The summed E-state index contributed by atoms with van der Waals surface area (Å²) >= 11 is 0. The van der Waals surface area contributed by atoms with Crippen molar-refractivity contribution in [3.63, 3.8) is 0 Å². The average molecular weight is 396 g/mol. The van der Waals surface area contributed by atoms with Gasteiger partial charge in [0.05, 0.1) is 27.6 Å². The number of hydrogen-bond donors (Lipinski definition) is 6.